The van der Waals surface area contributed by atoms with Crippen LogP contribution in [0.3, 0.4) is 0 Å². The van der Waals surface area contributed by atoms with E-state index in [2.05, 4.69) is 49.9 Å². The standard InChI is InChI=1S/C18H30N2/c1-4-18(5-2)11-13-20(14-18)12-10-17(19)16-9-7-6-8-15(16)3/h6-9,17H,4-5,10-14,19H2,1-3H3. The molecular formula is C18H30N2. The van der Waals surface area contributed by atoms with Gasteiger partial charge in [0.15, 0.2) is 0 Å². The highest BCUT2D eigenvalue weighted by molar-refractivity contribution is 5.28. The van der Waals surface area contributed by atoms with Crippen molar-refractivity contribution in [1.82, 2.24) is 4.90 Å². The summed E-state index contributed by atoms with van der Waals surface area (Å²) in [4.78, 5) is 2.62. The summed E-state index contributed by atoms with van der Waals surface area (Å²) in [6.45, 7) is 10.5. The van der Waals surface area contributed by atoms with E-state index in [0.717, 1.165) is 13.0 Å². The van der Waals surface area contributed by atoms with Gasteiger partial charge in [-0.3, -0.25) is 0 Å². The molecule has 0 bridgehead atoms. The second-order valence-corrected chi connectivity index (χ2v) is 6.49. The first kappa shape index (κ1) is 15.5. The molecule has 0 saturated carbocycles. The van der Waals surface area contributed by atoms with Crippen molar-refractivity contribution in [3.63, 3.8) is 0 Å². The molecule has 0 aromatic heterocycles. The number of benzene rings is 1. The van der Waals surface area contributed by atoms with Crippen LogP contribution in [0.15, 0.2) is 24.3 Å². The lowest BCUT2D eigenvalue weighted by Crippen LogP contribution is -2.29. The molecule has 0 amide bonds. The Hall–Kier alpha value is -0.860. The maximum atomic E-state index is 6.38. The molecule has 1 fully saturated rings. The number of rotatable bonds is 6. The zero-order valence-corrected chi connectivity index (χ0v) is 13.4. The number of hydrogen-bond acceptors (Lipinski definition) is 2. The summed E-state index contributed by atoms with van der Waals surface area (Å²) in [5.41, 5.74) is 9.58. The Labute approximate surface area is 124 Å². The van der Waals surface area contributed by atoms with Gasteiger partial charge in [-0.1, -0.05) is 38.1 Å². The summed E-state index contributed by atoms with van der Waals surface area (Å²) < 4.78 is 0. The van der Waals surface area contributed by atoms with Crippen molar-refractivity contribution >= 4 is 0 Å². The van der Waals surface area contributed by atoms with Crippen molar-refractivity contribution < 1.29 is 0 Å². The highest BCUT2D eigenvalue weighted by atomic mass is 15.2. The molecule has 1 aromatic carbocycles. The summed E-state index contributed by atoms with van der Waals surface area (Å²) >= 11 is 0. The van der Waals surface area contributed by atoms with Gasteiger partial charge in [-0.15, -0.1) is 0 Å². The zero-order valence-electron chi connectivity index (χ0n) is 13.4. The third kappa shape index (κ3) is 3.42. The first-order valence-corrected chi connectivity index (χ1v) is 8.13. The third-order valence-corrected chi connectivity index (χ3v) is 5.36. The minimum Gasteiger partial charge on any atom is -0.324 e. The molecular weight excluding hydrogens is 244 g/mol. The van der Waals surface area contributed by atoms with E-state index >= 15 is 0 Å². The summed E-state index contributed by atoms with van der Waals surface area (Å²) in [6.07, 6.45) is 5.04. The van der Waals surface area contributed by atoms with E-state index in [1.165, 1.54) is 43.5 Å². The van der Waals surface area contributed by atoms with Gasteiger partial charge < -0.3 is 10.6 Å². The molecule has 0 radical (unpaired) electrons. The molecule has 0 spiro atoms. The maximum absolute atomic E-state index is 6.38. The van der Waals surface area contributed by atoms with Gasteiger partial charge >= 0.3 is 0 Å². The average molecular weight is 274 g/mol. The van der Waals surface area contributed by atoms with Crippen LogP contribution >= 0.6 is 0 Å². The molecule has 1 aliphatic rings. The van der Waals surface area contributed by atoms with Crippen molar-refractivity contribution in [3.8, 4) is 0 Å². The van der Waals surface area contributed by atoms with Crippen LogP contribution < -0.4 is 5.73 Å². The largest absolute Gasteiger partial charge is 0.324 e. The molecule has 2 nitrogen and oxygen atoms in total. The van der Waals surface area contributed by atoms with Crippen molar-refractivity contribution in [2.45, 2.75) is 52.5 Å². The molecule has 2 rings (SSSR count). The Morgan fingerprint density at radius 1 is 1.25 bits per heavy atom. The lowest BCUT2D eigenvalue weighted by Gasteiger charge is -2.27. The summed E-state index contributed by atoms with van der Waals surface area (Å²) in [7, 11) is 0. The molecule has 1 aromatic rings. The zero-order chi connectivity index (χ0) is 14.6. The Balaban J connectivity index is 1.86. The number of aryl methyl sites for hydroxylation is 1. The molecule has 1 saturated heterocycles. The van der Waals surface area contributed by atoms with E-state index in [1.807, 2.05) is 0 Å². The lowest BCUT2D eigenvalue weighted by molar-refractivity contribution is 0.236. The summed E-state index contributed by atoms with van der Waals surface area (Å²) in [5.74, 6) is 0. The SMILES string of the molecule is CCC1(CC)CCN(CCC(N)c2ccccc2C)C1. The Morgan fingerprint density at radius 2 is 1.95 bits per heavy atom. The Bertz CT molecular complexity index is 423. The predicted octanol–water partition coefficient (Wildman–Crippen LogP) is 3.90. The minimum absolute atomic E-state index is 0.175. The van der Waals surface area contributed by atoms with Gasteiger partial charge in [-0.25, -0.2) is 0 Å². The number of nitrogens with two attached hydrogens (primary N) is 1. The Morgan fingerprint density at radius 3 is 2.55 bits per heavy atom. The van der Waals surface area contributed by atoms with Gasteiger partial charge in [-0.05, 0) is 62.2 Å². The summed E-state index contributed by atoms with van der Waals surface area (Å²) in [5, 5.41) is 0. The van der Waals surface area contributed by atoms with Crippen molar-refractivity contribution in [3.05, 3.63) is 35.4 Å². The predicted molar refractivity (Wildman–Crippen MR) is 86.8 cm³/mol. The first-order chi connectivity index (χ1) is 9.60. The van der Waals surface area contributed by atoms with E-state index in [9.17, 15) is 0 Å². The topological polar surface area (TPSA) is 29.3 Å². The first-order valence-electron chi connectivity index (χ1n) is 8.13. The van der Waals surface area contributed by atoms with Crippen LogP contribution in [0.1, 0.15) is 56.7 Å². The van der Waals surface area contributed by atoms with Crippen LogP contribution in [0.4, 0.5) is 0 Å². The normalized spacial score (nSPS) is 20.2. The van der Waals surface area contributed by atoms with E-state index in [4.69, 9.17) is 5.73 Å². The fraction of sp³-hybridized carbons (Fsp3) is 0.667. The van der Waals surface area contributed by atoms with E-state index in [1.54, 1.807) is 0 Å². The molecule has 1 unspecified atom stereocenters. The number of nitrogens with zero attached hydrogens (tertiary/aromatic N) is 1. The van der Waals surface area contributed by atoms with Gasteiger partial charge in [0, 0.05) is 12.6 Å². The molecule has 1 atom stereocenters. The van der Waals surface area contributed by atoms with Crippen LogP contribution in [-0.4, -0.2) is 24.5 Å². The van der Waals surface area contributed by atoms with Gasteiger partial charge in [-0.2, -0.15) is 0 Å². The van der Waals surface area contributed by atoms with Crippen molar-refractivity contribution in [2.24, 2.45) is 11.1 Å². The number of hydrogen-bond donors (Lipinski definition) is 1. The van der Waals surface area contributed by atoms with Gasteiger partial charge in [0.25, 0.3) is 0 Å². The molecule has 0 aliphatic carbocycles. The highest BCUT2D eigenvalue weighted by Crippen LogP contribution is 2.37. The van der Waals surface area contributed by atoms with Crippen molar-refractivity contribution in [2.75, 3.05) is 19.6 Å². The molecule has 1 aliphatic heterocycles. The second kappa shape index (κ2) is 6.73. The van der Waals surface area contributed by atoms with Gasteiger partial charge in [0.1, 0.15) is 0 Å². The van der Waals surface area contributed by atoms with E-state index in [0.29, 0.717) is 5.41 Å². The van der Waals surface area contributed by atoms with Gasteiger partial charge in [0.2, 0.25) is 0 Å². The fourth-order valence-electron chi connectivity index (χ4n) is 3.53. The third-order valence-electron chi connectivity index (χ3n) is 5.36. The average Bonchev–Trinajstić information content (AvgIpc) is 2.89. The van der Waals surface area contributed by atoms with Crippen LogP contribution in [0.25, 0.3) is 0 Å². The molecule has 112 valence electrons. The van der Waals surface area contributed by atoms with Gasteiger partial charge in [0.05, 0.1) is 0 Å². The lowest BCUT2D eigenvalue weighted by atomic mass is 9.82. The molecule has 20 heavy (non-hydrogen) atoms. The number of likely N-dealkylation sites (tertiary alicyclic amines) is 1. The fourth-order valence-corrected chi connectivity index (χ4v) is 3.53. The van der Waals surface area contributed by atoms with Crippen LogP contribution in [0.5, 0.6) is 0 Å². The molecule has 1 heterocycles. The second-order valence-electron chi connectivity index (χ2n) is 6.49. The minimum atomic E-state index is 0.175. The van der Waals surface area contributed by atoms with Crippen LogP contribution in [0, 0.1) is 12.3 Å². The van der Waals surface area contributed by atoms with Crippen LogP contribution in [0.2, 0.25) is 0 Å². The van der Waals surface area contributed by atoms with Crippen LogP contribution in [-0.2, 0) is 0 Å². The van der Waals surface area contributed by atoms with E-state index in [-0.39, 0.29) is 6.04 Å². The summed E-state index contributed by atoms with van der Waals surface area (Å²) in [6, 6.07) is 8.69. The monoisotopic (exact) mass is 274 g/mol. The molecule has 2 heteroatoms. The Kier molecular flexibility index (Phi) is 5.22. The highest BCUT2D eigenvalue weighted by Gasteiger charge is 2.34. The van der Waals surface area contributed by atoms with E-state index < -0.39 is 0 Å². The van der Waals surface area contributed by atoms with Crippen molar-refractivity contribution in [1.29, 1.82) is 0 Å². The smallest absolute Gasteiger partial charge is 0.0309 e. The maximum Gasteiger partial charge on any atom is 0.0309 e. The quantitative estimate of drug-likeness (QED) is 0.852. The molecule has 2 N–H and O–H groups in total.